The van der Waals surface area contributed by atoms with Gasteiger partial charge in [-0.3, -0.25) is 4.79 Å². The summed E-state index contributed by atoms with van der Waals surface area (Å²) in [6.07, 6.45) is 0. The van der Waals surface area contributed by atoms with E-state index in [1.54, 1.807) is 14.1 Å². The molecule has 0 aromatic heterocycles. The minimum Gasteiger partial charge on any atom is -0.480 e. The maximum atomic E-state index is 12.2. The van der Waals surface area contributed by atoms with E-state index in [1.165, 1.54) is 33.5 Å². The topological polar surface area (TPSA) is 81.2 Å². The molecule has 1 rings (SSSR count). The fourth-order valence-corrected chi connectivity index (χ4v) is 2.71. The first-order chi connectivity index (χ1) is 8.84. The van der Waals surface area contributed by atoms with Crippen molar-refractivity contribution in [2.75, 3.05) is 45.7 Å². The number of carboxylic acids is 1. The van der Waals surface area contributed by atoms with Gasteiger partial charge < -0.3 is 19.8 Å². The van der Waals surface area contributed by atoms with Crippen LogP contribution in [0.3, 0.4) is 0 Å². The third kappa shape index (κ3) is 4.02. The molecule has 1 N–H and O–H groups in total. The van der Waals surface area contributed by atoms with Gasteiger partial charge in [0, 0.05) is 39.2 Å². The molecule has 1 fully saturated rings. The maximum Gasteiger partial charge on any atom is 0.327 e. The first kappa shape index (κ1) is 15.6. The molecule has 1 heterocycles. The molecule has 7 nitrogen and oxygen atoms in total. The van der Waals surface area contributed by atoms with Gasteiger partial charge in [-0.15, -0.1) is 0 Å². The molecule has 1 saturated heterocycles. The molecule has 0 bridgehead atoms. The number of carbonyl (C=O) groups excluding carboxylic acids is 2. The molecule has 1 atom stereocenters. The van der Waals surface area contributed by atoms with Crippen LogP contribution in [0.1, 0.15) is 0 Å². The van der Waals surface area contributed by atoms with E-state index < -0.39 is 18.0 Å². The molecule has 0 saturated carbocycles. The van der Waals surface area contributed by atoms with Crippen molar-refractivity contribution in [3.05, 3.63) is 0 Å². The minimum atomic E-state index is -1.01. The highest BCUT2D eigenvalue weighted by molar-refractivity contribution is 7.99. The number of nitrogens with zero attached hydrogens (tertiary/aromatic N) is 3. The van der Waals surface area contributed by atoms with Crippen LogP contribution in [0.15, 0.2) is 0 Å². The van der Waals surface area contributed by atoms with Crippen LogP contribution in [0.5, 0.6) is 0 Å². The number of carbonyl (C=O) groups is 3. The van der Waals surface area contributed by atoms with Crippen LogP contribution in [-0.4, -0.2) is 89.5 Å². The molecule has 8 heteroatoms. The van der Waals surface area contributed by atoms with Crippen LogP contribution >= 0.6 is 11.8 Å². The summed E-state index contributed by atoms with van der Waals surface area (Å²) >= 11 is 1.51. The second-order valence-corrected chi connectivity index (χ2v) is 5.70. The number of hydrogen-bond acceptors (Lipinski definition) is 4. The van der Waals surface area contributed by atoms with Crippen LogP contribution in [0, 0.1) is 0 Å². The van der Waals surface area contributed by atoms with E-state index >= 15 is 0 Å². The highest BCUT2D eigenvalue weighted by atomic mass is 32.2. The summed E-state index contributed by atoms with van der Waals surface area (Å²) in [7, 11) is 4.72. The lowest BCUT2D eigenvalue weighted by molar-refractivity contribution is -0.141. The first-order valence-corrected chi connectivity index (χ1v) is 7.02. The number of likely N-dealkylation sites (N-methyl/N-ethyl adjacent to an activating group) is 2. The summed E-state index contributed by atoms with van der Waals surface area (Å²) < 4.78 is 0. The van der Waals surface area contributed by atoms with E-state index in [1.807, 2.05) is 0 Å². The van der Waals surface area contributed by atoms with Gasteiger partial charge in [0.1, 0.15) is 12.6 Å². The summed E-state index contributed by atoms with van der Waals surface area (Å²) in [5.74, 6) is -0.108. The minimum absolute atomic E-state index is 0.0538. The third-order valence-electron chi connectivity index (χ3n) is 2.86. The number of rotatable bonds is 3. The van der Waals surface area contributed by atoms with E-state index in [0.717, 1.165) is 0 Å². The van der Waals surface area contributed by atoms with Gasteiger partial charge in [0.05, 0.1) is 0 Å². The van der Waals surface area contributed by atoms with Crippen molar-refractivity contribution >= 4 is 29.7 Å². The zero-order valence-electron chi connectivity index (χ0n) is 11.3. The van der Waals surface area contributed by atoms with Crippen LogP contribution in [0.2, 0.25) is 0 Å². The lowest BCUT2D eigenvalue weighted by Crippen LogP contribution is -2.55. The van der Waals surface area contributed by atoms with Crippen LogP contribution in [0.4, 0.5) is 4.79 Å². The van der Waals surface area contributed by atoms with Crippen molar-refractivity contribution in [3.8, 4) is 0 Å². The lowest BCUT2D eigenvalue weighted by atomic mass is 10.3. The van der Waals surface area contributed by atoms with Gasteiger partial charge in [-0.1, -0.05) is 0 Å². The van der Waals surface area contributed by atoms with Gasteiger partial charge in [0.15, 0.2) is 0 Å². The number of hydrogen-bond donors (Lipinski definition) is 1. The van der Waals surface area contributed by atoms with E-state index in [4.69, 9.17) is 5.11 Å². The predicted molar refractivity (Wildman–Crippen MR) is 72.2 cm³/mol. The molecule has 1 aliphatic rings. The van der Waals surface area contributed by atoms with E-state index in [0.29, 0.717) is 18.1 Å². The van der Waals surface area contributed by atoms with Gasteiger partial charge in [0.2, 0.25) is 5.91 Å². The van der Waals surface area contributed by atoms with Gasteiger partial charge in [-0.25, -0.2) is 9.59 Å². The Bertz CT molecular complexity index is 375. The Labute approximate surface area is 116 Å². The van der Waals surface area contributed by atoms with Gasteiger partial charge in [-0.05, 0) is 0 Å². The summed E-state index contributed by atoms with van der Waals surface area (Å²) in [4.78, 5) is 38.8. The zero-order valence-corrected chi connectivity index (χ0v) is 12.1. The fourth-order valence-electron chi connectivity index (χ4n) is 1.67. The van der Waals surface area contributed by atoms with E-state index in [9.17, 15) is 14.4 Å². The second-order valence-electron chi connectivity index (χ2n) is 4.55. The number of thioether (sulfide) groups is 1. The van der Waals surface area contributed by atoms with Crippen molar-refractivity contribution in [2.45, 2.75) is 6.04 Å². The molecule has 0 aliphatic carbocycles. The summed E-state index contributed by atoms with van der Waals surface area (Å²) in [6.45, 7) is 0.336. The molecule has 3 amide bonds. The third-order valence-corrected chi connectivity index (χ3v) is 3.88. The van der Waals surface area contributed by atoms with Crippen molar-refractivity contribution < 1.29 is 19.5 Å². The number of aliphatic carboxylic acids is 1. The van der Waals surface area contributed by atoms with Crippen LogP contribution in [0.25, 0.3) is 0 Å². The Morgan fingerprint density at radius 2 is 1.95 bits per heavy atom. The Balaban J connectivity index is 2.68. The highest BCUT2D eigenvalue weighted by Gasteiger charge is 2.34. The molecule has 0 radical (unpaired) electrons. The molecular formula is C11H19N3O4S. The molecule has 1 aliphatic heterocycles. The van der Waals surface area contributed by atoms with Gasteiger partial charge in [0.25, 0.3) is 0 Å². The Kier molecular flexibility index (Phi) is 5.46. The Morgan fingerprint density at radius 3 is 2.47 bits per heavy atom. The molecule has 0 aromatic carbocycles. The number of carboxylic acid groups (broad SMARTS) is 1. The van der Waals surface area contributed by atoms with Crippen LogP contribution in [-0.2, 0) is 9.59 Å². The monoisotopic (exact) mass is 289 g/mol. The van der Waals surface area contributed by atoms with Crippen molar-refractivity contribution in [1.82, 2.24) is 14.7 Å². The largest absolute Gasteiger partial charge is 0.480 e. The summed E-state index contributed by atoms with van der Waals surface area (Å²) in [6, 6.07) is -1.23. The van der Waals surface area contributed by atoms with E-state index in [2.05, 4.69) is 0 Å². The molecule has 1 unspecified atom stereocenters. The Morgan fingerprint density at radius 1 is 1.32 bits per heavy atom. The summed E-state index contributed by atoms with van der Waals surface area (Å²) in [5.41, 5.74) is 0. The maximum absolute atomic E-state index is 12.2. The fraction of sp³-hybridized carbons (Fsp3) is 0.727. The first-order valence-electron chi connectivity index (χ1n) is 5.87. The van der Waals surface area contributed by atoms with Gasteiger partial charge >= 0.3 is 12.0 Å². The average molecular weight is 289 g/mol. The molecule has 19 heavy (non-hydrogen) atoms. The average Bonchev–Trinajstić information content (AvgIpc) is 2.37. The molecule has 0 spiro atoms. The standard InChI is InChI=1S/C11H19N3O4S/c1-12(2)9(15)6-13(3)11(18)14-4-5-19-7-8(14)10(16)17/h8H,4-7H2,1-3H3,(H,16,17). The van der Waals surface area contributed by atoms with Gasteiger partial charge in [-0.2, -0.15) is 11.8 Å². The lowest BCUT2D eigenvalue weighted by Gasteiger charge is -2.35. The van der Waals surface area contributed by atoms with Crippen molar-refractivity contribution in [3.63, 3.8) is 0 Å². The van der Waals surface area contributed by atoms with E-state index in [-0.39, 0.29) is 12.5 Å². The molecule has 0 aromatic rings. The van der Waals surface area contributed by atoms with Crippen LogP contribution < -0.4 is 0 Å². The number of urea groups is 1. The Hall–Kier alpha value is -1.44. The van der Waals surface area contributed by atoms with Crippen molar-refractivity contribution in [1.29, 1.82) is 0 Å². The number of amides is 3. The van der Waals surface area contributed by atoms with Crippen molar-refractivity contribution in [2.24, 2.45) is 0 Å². The summed E-state index contributed by atoms with van der Waals surface area (Å²) in [5, 5.41) is 9.11. The second kappa shape index (κ2) is 6.65. The quantitative estimate of drug-likeness (QED) is 0.766. The molecule has 108 valence electrons. The molecular weight excluding hydrogens is 270 g/mol. The predicted octanol–water partition coefficient (Wildman–Crippen LogP) is -0.372. The zero-order chi connectivity index (χ0) is 14.6. The SMILES string of the molecule is CN(C)C(=O)CN(C)C(=O)N1CCSCC1C(=O)O. The highest BCUT2D eigenvalue weighted by Crippen LogP contribution is 2.18. The normalized spacial score (nSPS) is 18.9. The smallest absolute Gasteiger partial charge is 0.327 e.